The fourth-order valence-electron chi connectivity index (χ4n) is 5.31. The van der Waals surface area contributed by atoms with Crippen molar-refractivity contribution in [2.45, 2.75) is 0 Å². The van der Waals surface area contributed by atoms with E-state index in [-0.39, 0.29) is 20.3 Å². The Bertz CT molecular complexity index is 2000. The molecule has 0 N–H and O–H groups in total. The molecule has 0 saturated heterocycles. The maximum atomic E-state index is 15.6. The van der Waals surface area contributed by atoms with Crippen molar-refractivity contribution in [3.05, 3.63) is 127 Å². The molecule has 5 aromatic carbocycles. The van der Waals surface area contributed by atoms with E-state index in [0.717, 1.165) is 11.1 Å². The topological polar surface area (TPSA) is 38.7 Å². The predicted octanol–water partition coefficient (Wildman–Crippen LogP) is 8.18. The maximum absolute atomic E-state index is 15.6. The predicted molar refractivity (Wildman–Crippen MR) is 153 cm³/mol. The first-order chi connectivity index (χ1) is 19.2. The van der Waals surface area contributed by atoms with Gasteiger partial charge in [0, 0.05) is 0 Å². The molecule has 0 aliphatic heterocycles. The molecule has 0 radical (unpaired) electrons. The van der Waals surface area contributed by atoms with E-state index in [1.165, 1.54) is 31.4 Å². The Morgan fingerprint density at radius 3 is 1.90 bits per heavy atom. The van der Waals surface area contributed by atoms with E-state index in [9.17, 15) is 0 Å². The number of rotatable bonds is 4. The van der Waals surface area contributed by atoms with Gasteiger partial charge in [0.1, 0.15) is 0 Å². The summed E-state index contributed by atoms with van der Waals surface area (Å²) in [5.74, 6) is -0.783. The van der Waals surface area contributed by atoms with Gasteiger partial charge >= 0.3 is 230 Å². The van der Waals surface area contributed by atoms with Crippen molar-refractivity contribution in [3.63, 3.8) is 0 Å². The van der Waals surface area contributed by atoms with Crippen molar-refractivity contribution >= 4 is 33.8 Å². The summed E-state index contributed by atoms with van der Waals surface area (Å²) in [6.07, 6.45) is 1.57. The summed E-state index contributed by atoms with van der Waals surface area (Å²) in [6, 6.07) is 33.6. The van der Waals surface area contributed by atoms with Gasteiger partial charge in [-0.25, -0.2) is 0 Å². The second-order valence-electron chi connectivity index (χ2n) is 9.15. The molecule has 0 bridgehead atoms. The summed E-state index contributed by atoms with van der Waals surface area (Å²) in [5.41, 5.74) is 5.00. The zero-order chi connectivity index (χ0) is 26.3. The molecule has 2 aromatic heterocycles. The van der Waals surface area contributed by atoms with Crippen LogP contribution in [0.4, 0.5) is 8.78 Å². The summed E-state index contributed by atoms with van der Waals surface area (Å²) in [7, 11) is 0. The zero-order valence-electron chi connectivity index (χ0n) is 20.5. The van der Waals surface area contributed by atoms with Crippen LogP contribution in [0.2, 0.25) is 0 Å². The van der Waals surface area contributed by atoms with Crippen LogP contribution in [0.5, 0.6) is 0 Å². The third kappa shape index (κ3) is 3.97. The van der Waals surface area contributed by atoms with Crippen LogP contribution in [0.3, 0.4) is 0 Å². The van der Waals surface area contributed by atoms with Crippen molar-refractivity contribution < 1.29 is 8.78 Å². The first kappa shape index (κ1) is 23.6. The Hall–Kier alpha value is -4.51. The number of hydrogen-bond donors (Lipinski definition) is 0. The number of hydrogen-bond acceptors (Lipinski definition) is 3. The molecule has 0 unspecified atom stereocenters. The molecule has 0 aliphatic carbocycles. The van der Waals surface area contributed by atoms with Gasteiger partial charge in [0.05, 0.1) is 0 Å². The van der Waals surface area contributed by atoms with E-state index in [1.807, 2.05) is 12.1 Å². The van der Waals surface area contributed by atoms with Crippen LogP contribution in [0.25, 0.3) is 63.9 Å². The summed E-state index contributed by atoms with van der Waals surface area (Å²) in [6.45, 7) is 0. The molecule has 0 aliphatic rings. The van der Waals surface area contributed by atoms with E-state index in [4.69, 9.17) is 0 Å². The van der Waals surface area contributed by atoms with E-state index in [1.54, 1.807) is 48.7 Å². The van der Waals surface area contributed by atoms with E-state index < -0.39 is 5.82 Å². The molecule has 0 fully saturated rings. The Morgan fingerprint density at radius 1 is 0.513 bits per heavy atom. The van der Waals surface area contributed by atoms with Crippen LogP contribution >= 0.6 is 0 Å². The van der Waals surface area contributed by atoms with Crippen molar-refractivity contribution in [1.82, 2.24) is 15.4 Å². The Morgan fingerprint density at radius 2 is 1.15 bits per heavy atom. The van der Waals surface area contributed by atoms with Crippen molar-refractivity contribution in [1.29, 1.82) is 0 Å². The van der Waals surface area contributed by atoms with Crippen LogP contribution in [-0.2, 0) is 0 Å². The van der Waals surface area contributed by atoms with Crippen LogP contribution in [0, 0.1) is 11.6 Å². The average Bonchev–Trinajstić information content (AvgIpc) is 3.37. The molecule has 6 heteroatoms. The van der Waals surface area contributed by atoms with Gasteiger partial charge in [-0.3, -0.25) is 0 Å². The second-order valence-corrected chi connectivity index (χ2v) is 11.4. The molecular weight excluding hydrogens is 555 g/mol. The van der Waals surface area contributed by atoms with Crippen LogP contribution in [-0.4, -0.2) is 29.9 Å². The Kier molecular flexibility index (Phi) is 5.85. The zero-order valence-corrected chi connectivity index (χ0v) is 22.2. The molecule has 0 spiro atoms. The van der Waals surface area contributed by atoms with Crippen LogP contribution in [0.1, 0.15) is 0 Å². The fraction of sp³-hybridized carbons (Fsp3) is 0. The molecule has 3 nitrogen and oxygen atoms in total. The number of fused-ring (bicyclic) bond motifs is 3. The third-order valence-corrected chi connectivity index (χ3v) is 9.35. The van der Waals surface area contributed by atoms with Crippen molar-refractivity contribution in [2.75, 3.05) is 0 Å². The molecule has 186 valence electrons. The molecule has 7 rings (SSSR count). The van der Waals surface area contributed by atoms with Crippen molar-refractivity contribution in [2.24, 2.45) is 0 Å². The third-order valence-electron chi connectivity index (χ3n) is 6.96. The van der Waals surface area contributed by atoms with E-state index in [0.29, 0.717) is 33.5 Å². The molecule has 0 saturated carbocycles. The van der Waals surface area contributed by atoms with Gasteiger partial charge in [-0.15, -0.1) is 0 Å². The molecule has 7 aromatic rings. The van der Waals surface area contributed by atoms with Gasteiger partial charge < -0.3 is 0 Å². The molecular formula is C33H19F2N3Se. The van der Waals surface area contributed by atoms with Crippen LogP contribution < -0.4 is 0 Å². The molecule has 39 heavy (non-hydrogen) atoms. The van der Waals surface area contributed by atoms with Gasteiger partial charge in [-0.2, -0.15) is 0 Å². The SMILES string of the molecule is Fc1ccccc1-c1ccc(-c2cccc3[se]c4ccccc4c23)c(-c2ccnnn2)c1-c1ccccc1F. The fourth-order valence-corrected chi connectivity index (χ4v) is 7.69. The number of benzene rings is 5. The minimum atomic E-state index is -0.400. The van der Waals surface area contributed by atoms with Crippen LogP contribution in [0.15, 0.2) is 115 Å². The standard InChI is InChI=1S/C33H19F2N3Se/c34-26-12-4-1-8-20(26)22-16-17-23(21-11-7-15-30-31(21)25-10-3-6-14-29(25)39-30)33(28-18-19-36-38-37-28)32(22)24-9-2-5-13-27(24)35/h1-19H. The van der Waals surface area contributed by atoms with Gasteiger partial charge in [0.25, 0.3) is 0 Å². The van der Waals surface area contributed by atoms with Gasteiger partial charge in [0.15, 0.2) is 0 Å². The van der Waals surface area contributed by atoms with E-state index in [2.05, 4.69) is 57.9 Å². The quantitative estimate of drug-likeness (QED) is 0.199. The van der Waals surface area contributed by atoms with Gasteiger partial charge in [-0.1, -0.05) is 0 Å². The molecule has 0 amide bonds. The Labute approximate surface area is 229 Å². The molecule has 0 atom stereocenters. The number of nitrogens with zero attached hydrogens (tertiary/aromatic N) is 3. The second kappa shape index (κ2) is 9.66. The minimum absolute atomic E-state index is 0.181. The number of aromatic nitrogens is 3. The normalized spacial score (nSPS) is 11.3. The first-order valence-electron chi connectivity index (χ1n) is 12.4. The summed E-state index contributed by atoms with van der Waals surface area (Å²) in [5, 5.41) is 14.6. The summed E-state index contributed by atoms with van der Waals surface area (Å²) in [4.78, 5) is 0. The molecule has 2 heterocycles. The van der Waals surface area contributed by atoms with E-state index >= 15 is 8.78 Å². The van der Waals surface area contributed by atoms with Gasteiger partial charge in [0.2, 0.25) is 0 Å². The Balaban J connectivity index is 1.67. The van der Waals surface area contributed by atoms with Gasteiger partial charge in [-0.05, 0) is 0 Å². The summed E-state index contributed by atoms with van der Waals surface area (Å²) >= 11 is 0.181. The number of halogens is 2. The summed E-state index contributed by atoms with van der Waals surface area (Å²) < 4.78 is 33.4. The monoisotopic (exact) mass is 575 g/mol. The van der Waals surface area contributed by atoms with Crippen molar-refractivity contribution in [3.8, 4) is 44.6 Å². The first-order valence-corrected chi connectivity index (χ1v) is 14.1. The average molecular weight is 574 g/mol.